The maximum absolute atomic E-state index is 10.3. The predicted octanol–water partition coefficient (Wildman–Crippen LogP) is -0.411. The van der Waals surface area contributed by atoms with Gasteiger partial charge in [0.15, 0.2) is 0 Å². The van der Waals surface area contributed by atoms with Gasteiger partial charge < -0.3 is 10.6 Å². The number of amides is 1. The lowest BCUT2D eigenvalue weighted by Crippen LogP contribution is -2.12. The van der Waals surface area contributed by atoms with E-state index in [1.54, 1.807) is 0 Å². The van der Waals surface area contributed by atoms with Gasteiger partial charge in [0.25, 0.3) is 0 Å². The fourth-order valence-corrected chi connectivity index (χ4v) is 0.274. The molecule has 0 heterocycles. The maximum Gasteiger partial charge on any atom is 0.241 e. The van der Waals surface area contributed by atoms with Crippen LogP contribution in [0.3, 0.4) is 0 Å². The van der Waals surface area contributed by atoms with Crippen LogP contribution in [0.25, 0.3) is 0 Å². The van der Waals surface area contributed by atoms with E-state index in [2.05, 4.69) is 0 Å². The van der Waals surface area contributed by atoms with Crippen LogP contribution in [-0.2, 0) is 4.79 Å². The minimum absolute atomic E-state index is 0.319. The number of nitrogens with zero attached hydrogens (tertiary/aromatic N) is 1. The van der Waals surface area contributed by atoms with Crippen LogP contribution in [0.2, 0.25) is 0 Å². The van der Waals surface area contributed by atoms with Crippen molar-refractivity contribution in [3.8, 4) is 0 Å². The Morgan fingerprint density at radius 3 is 3.00 bits per heavy atom. The lowest BCUT2D eigenvalue weighted by atomic mass is 10.4. The van der Waals surface area contributed by atoms with Crippen LogP contribution in [-0.4, -0.2) is 31.3 Å². The van der Waals surface area contributed by atoms with E-state index in [0.717, 1.165) is 12.2 Å². The third-order valence-corrected chi connectivity index (χ3v) is 0.570. The monoisotopic (exact) mass is 134 g/mol. The molecule has 52 valence electrons. The van der Waals surface area contributed by atoms with Crippen LogP contribution in [0.4, 0.5) is 0 Å². The first-order chi connectivity index (χ1) is 6.55. The van der Waals surface area contributed by atoms with Gasteiger partial charge in [-0.3, -0.25) is 4.79 Å². The van der Waals surface area contributed by atoms with E-state index in [-0.39, 0.29) is 0 Å². The van der Waals surface area contributed by atoms with Crippen molar-refractivity contribution in [2.45, 2.75) is 0 Å². The van der Waals surface area contributed by atoms with Gasteiger partial charge >= 0.3 is 0 Å². The van der Waals surface area contributed by atoms with Crippen molar-refractivity contribution in [3.63, 3.8) is 0 Å². The minimum Gasteiger partial charge on any atom is -0.366 e. The van der Waals surface area contributed by atoms with Gasteiger partial charge in [0, 0.05) is 14.8 Å². The number of hydrogen-bond donors (Lipinski definition) is 1. The summed E-state index contributed by atoms with van der Waals surface area (Å²) in [4.78, 5) is 10.6. The zero-order valence-corrected chi connectivity index (χ0v) is 4.79. The highest BCUT2D eigenvalue weighted by Gasteiger charge is 1.83. The number of rotatable bonds is 3. The first kappa shape index (κ1) is 2.42. The molecular formula is C6H12N2O. The zero-order valence-electron chi connectivity index (χ0n) is 10.8. The summed E-state index contributed by atoms with van der Waals surface area (Å²) in [7, 11) is 0. The van der Waals surface area contributed by atoms with Crippen LogP contribution in [0.1, 0.15) is 8.22 Å². The molecule has 0 aliphatic rings. The van der Waals surface area contributed by atoms with Gasteiger partial charge in [-0.05, 0) is 20.0 Å². The number of nitrogens with two attached hydrogens (primary N) is 1. The van der Waals surface area contributed by atoms with E-state index in [9.17, 15) is 4.79 Å². The summed E-state index contributed by atoms with van der Waals surface area (Å²) in [5.41, 5.74) is 4.77. The molecule has 3 heteroatoms. The summed E-state index contributed by atoms with van der Waals surface area (Å²) in [5.74, 6) is -0.758. The van der Waals surface area contributed by atoms with E-state index in [1.807, 2.05) is 0 Å². The van der Waals surface area contributed by atoms with Crippen LogP contribution < -0.4 is 5.73 Å². The fraction of sp³-hybridized carbons (Fsp3) is 0.500. The highest BCUT2D eigenvalue weighted by atomic mass is 16.1. The molecule has 0 bridgehead atoms. The predicted molar refractivity (Wildman–Crippen MR) is 36.9 cm³/mol. The average Bonchev–Trinajstić information content (AvgIpc) is 1.92. The van der Waals surface area contributed by atoms with Crippen LogP contribution >= 0.6 is 0 Å². The summed E-state index contributed by atoms with van der Waals surface area (Å²) in [6.07, 6.45) is 2.02. The van der Waals surface area contributed by atoms with Crippen molar-refractivity contribution in [1.29, 1.82) is 0 Å². The molecule has 3 nitrogen and oxygen atoms in total. The van der Waals surface area contributed by atoms with Crippen molar-refractivity contribution >= 4 is 5.91 Å². The normalized spacial score (nSPS) is 23.7. The van der Waals surface area contributed by atoms with Crippen LogP contribution in [0.15, 0.2) is 12.2 Å². The second kappa shape index (κ2) is 4.09. The second-order valence-electron chi connectivity index (χ2n) is 1.42. The highest BCUT2D eigenvalue weighted by Crippen LogP contribution is 1.75. The van der Waals surface area contributed by atoms with E-state index >= 15 is 0 Å². The van der Waals surface area contributed by atoms with Gasteiger partial charge in [-0.25, -0.2) is 0 Å². The summed E-state index contributed by atoms with van der Waals surface area (Å²) in [6, 6.07) is 0. The van der Waals surface area contributed by atoms with E-state index in [1.165, 1.54) is 0 Å². The fourth-order valence-electron chi connectivity index (χ4n) is 0.274. The van der Waals surface area contributed by atoms with Gasteiger partial charge in [-0.2, -0.15) is 0 Å². The van der Waals surface area contributed by atoms with Crippen molar-refractivity contribution in [2.24, 2.45) is 5.73 Å². The maximum atomic E-state index is 10.3. The van der Waals surface area contributed by atoms with Gasteiger partial charge in [-0.15, -0.1) is 0 Å². The third kappa shape index (κ3) is 7.17. The number of hydrogen-bond acceptors (Lipinski definition) is 2. The Balaban J connectivity index is 4.62. The zero-order chi connectivity index (χ0) is 12.3. The van der Waals surface area contributed by atoms with Crippen molar-refractivity contribution in [2.75, 3.05) is 20.5 Å². The molecule has 0 unspecified atom stereocenters. The molecule has 0 atom stereocenters. The summed E-state index contributed by atoms with van der Waals surface area (Å²) < 4.78 is 41.9. The molecule has 0 spiro atoms. The standard InChI is InChI=1S/C6H12N2O/c1-8(2)5-3-4-6(7)9/h3-4H,5H2,1-2H3,(H2,7,9)/i1D3,2D3. The number of primary amides is 1. The Bertz CT molecular complexity index is 241. The minimum atomic E-state index is -2.74. The molecule has 1 amide bonds. The number of carbonyl (C=O) groups excluding carboxylic acids is 1. The van der Waals surface area contributed by atoms with Crippen molar-refractivity contribution in [3.05, 3.63) is 12.2 Å². The molecule has 0 aromatic heterocycles. The molecule has 0 radical (unpaired) electrons. The molecule has 2 N–H and O–H groups in total. The van der Waals surface area contributed by atoms with E-state index in [4.69, 9.17) is 14.0 Å². The van der Waals surface area contributed by atoms with Crippen LogP contribution in [0, 0.1) is 0 Å². The molecule has 0 saturated heterocycles. The third-order valence-electron chi connectivity index (χ3n) is 0.570. The quantitative estimate of drug-likeness (QED) is 0.533. The largest absolute Gasteiger partial charge is 0.366 e. The molecule has 0 aromatic carbocycles. The smallest absolute Gasteiger partial charge is 0.241 e. The molecule has 0 aliphatic carbocycles. The lowest BCUT2D eigenvalue weighted by Gasteiger charge is -2.02. The summed E-state index contributed by atoms with van der Waals surface area (Å²) >= 11 is 0. The van der Waals surface area contributed by atoms with Gasteiger partial charge in [0.2, 0.25) is 5.91 Å². The Morgan fingerprint density at radius 1 is 1.89 bits per heavy atom. The molecular weight excluding hydrogens is 116 g/mol. The Morgan fingerprint density at radius 2 is 2.56 bits per heavy atom. The Labute approximate surface area is 63.6 Å². The van der Waals surface area contributed by atoms with E-state index in [0.29, 0.717) is 4.90 Å². The van der Waals surface area contributed by atoms with Crippen molar-refractivity contribution in [1.82, 2.24) is 4.90 Å². The molecule has 0 rings (SSSR count). The Hall–Kier alpha value is -0.830. The Kier molecular flexibility index (Phi) is 1.10. The number of carbonyl (C=O) groups is 1. The van der Waals surface area contributed by atoms with Gasteiger partial charge in [0.05, 0.1) is 0 Å². The first-order valence-corrected chi connectivity index (χ1v) is 2.29. The molecule has 0 saturated carbocycles. The molecule has 9 heavy (non-hydrogen) atoms. The van der Waals surface area contributed by atoms with Crippen molar-refractivity contribution < 1.29 is 13.0 Å². The topological polar surface area (TPSA) is 46.3 Å². The van der Waals surface area contributed by atoms with Crippen LogP contribution in [0.5, 0.6) is 0 Å². The molecule has 0 fully saturated rings. The van der Waals surface area contributed by atoms with E-state index < -0.39 is 26.4 Å². The molecule has 0 aromatic rings. The van der Waals surface area contributed by atoms with Gasteiger partial charge in [0.1, 0.15) is 0 Å². The SMILES string of the molecule is [2H]C([2H])([2H])N(CC=CC(N)=O)C([2H])([2H])[2H]. The first-order valence-electron chi connectivity index (χ1n) is 5.29. The lowest BCUT2D eigenvalue weighted by molar-refractivity contribution is -0.113. The average molecular weight is 134 g/mol. The number of likely N-dealkylation sites (N-methyl/N-ethyl adjacent to an activating group) is 1. The summed E-state index contributed by atoms with van der Waals surface area (Å²) in [5, 5.41) is 0. The highest BCUT2D eigenvalue weighted by molar-refractivity contribution is 5.85. The second-order valence-corrected chi connectivity index (χ2v) is 1.42. The molecule has 0 aliphatic heterocycles. The van der Waals surface area contributed by atoms with Gasteiger partial charge in [-0.1, -0.05) is 6.08 Å². The summed E-state index contributed by atoms with van der Waals surface area (Å²) in [6.45, 7) is -5.88.